The minimum atomic E-state index is -0.805. The van der Waals surface area contributed by atoms with Crippen molar-refractivity contribution in [2.24, 2.45) is 11.7 Å². The number of fused-ring (bicyclic) bond motifs is 1. The molecule has 1 aromatic carbocycles. The maximum Gasteiger partial charge on any atom is 0.229 e. The predicted molar refractivity (Wildman–Crippen MR) is 70.0 cm³/mol. The summed E-state index contributed by atoms with van der Waals surface area (Å²) in [6, 6.07) is 5.50. The molecule has 0 saturated carbocycles. The average molecular weight is 273 g/mol. The summed E-state index contributed by atoms with van der Waals surface area (Å²) in [6.07, 6.45) is 1.33. The average Bonchev–Trinajstić information content (AvgIpc) is 2.85. The standard InChI is InChI=1S/C13H12FN5O/c1-7-10(12(15)20)11(8-4-2-3-5-9(8)14)19-13(18-7)16-6-17-19/h2-6,10-11H,1H2,(H2,15,20)(H,16,17,18). The Balaban J connectivity index is 2.21. The van der Waals surface area contributed by atoms with Crippen molar-refractivity contribution in [1.29, 1.82) is 0 Å². The summed E-state index contributed by atoms with van der Waals surface area (Å²) in [4.78, 5) is 15.7. The van der Waals surface area contributed by atoms with Gasteiger partial charge in [0.05, 0.1) is 0 Å². The topological polar surface area (TPSA) is 85.8 Å². The van der Waals surface area contributed by atoms with E-state index in [0.717, 1.165) is 0 Å². The lowest BCUT2D eigenvalue weighted by atomic mass is 9.88. The maximum absolute atomic E-state index is 14.1. The van der Waals surface area contributed by atoms with E-state index in [1.54, 1.807) is 18.2 Å². The maximum atomic E-state index is 14.1. The fraction of sp³-hybridized carbons (Fsp3) is 0.154. The summed E-state index contributed by atoms with van der Waals surface area (Å²) in [5, 5.41) is 6.91. The number of carbonyl (C=O) groups is 1. The van der Waals surface area contributed by atoms with E-state index in [0.29, 0.717) is 17.2 Å². The van der Waals surface area contributed by atoms with Crippen LogP contribution in [0.25, 0.3) is 0 Å². The Morgan fingerprint density at radius 3 is 2.90 bits per heavy atom. The van der Waals surface area contributed by atoms with Crippen molar-refractivity contribution in [3.05, 3.63) is 54.2 Å². The number of aromatic nitrogens is 3. The van der Waals surface area contributed by atoms with Crippen LogP contribution in [-0.4, -0.2) is 20.7 Å². The SMILES string of the molecule is C=C1Nc2ncnn2C(c2ccccc2F)C1C(N)=O. The minimum Gasteiger partial charge on any atom is -0.369 e. The highest BCUT2D eigenvalue weighted by atomic mass is 19.1. The van der Waals surface area contributed by atoms with Crippen LogP contribution in [0.3, 0.4) is 0 Å². The molecule has 7 heteroatoms. The molecule has 2 atom stereocenters. The van der Waals surface area contributed by atoms with Crippen molar-refractivity contribution < 1.29 is 9.18 Å². The molecule has 20 heavy (non-hydrogen) atoms. The van der Waals surface area contributed by atoms with Gasteiger partial charge in [0.25, 0.3) is 0 Å². The number of anilines is 1. The van der Waals surface area contributed by atoms with Crippen LogP contribution in [0.4, 0.5) is 10.3 Å². The molecule has 2 heterocycles. The van der Waals surface area contributed by atoms with Gasteiger partial charge in [0, 0.05) is 11.3 Å². The Morgan fingerprint density at radius 1 is 1.45 bits per heavy atom. The Hall–Kier alpha value is -2.70. The predicted octanol–water partition coefficient (Wildman–Crippen LogP) is 1.05. The van der Waals surface area contributed by atoms with E-state index < -0.39 is 23.7 Å². The number of hydrogen-bond donors (Lipinski definition) is 2. The van der Waals surface area contributed by atoms with E-state index in [4.69, 9.17) is 5.73 Å². The van der Waals surface area contributed by atoms with Crippen LogP contribution < -0.4 is 11.1 Å². The molecular weight excluding hydrogens is 261 g/mol. The third kappa shape index (κ3) is 1.75. The molecule has 6 nitrogen and oxygen atoms in total. The van der Waals surface area contributed by atoms with E-state index in [-0.39, 0.29) is 0 Å². The van der Waals surface area contributed by atoms with Crippen LogP contribution in [0.15, 0.2) is 42.9 Å². The largest absolute Gasteiger partial charge is 0.369 e. The summed E-state index contributed by atoms with van der Waals surface area (Å²) in [5.74, 6) is -1.43. The van der Waals surface area contributed by atoms with Crippen LogP contribution in [0.5, 0.6) is 0 Å². The Morgan fingerprint density at radius 2 is 2.20 bits per heavy atom. The number of nitrogens with two attached hydrogens (primary N) is 1. The monoisotopic (exact) mass is 273 g/mol. The van der Waals surface area contributed by atoms with Crippen molar-refractivity contribution in [3.63, 3.8) is 0 Å². The summed E-state index contributed by atoms with van der Waals surface area (Å²) in [6.45, 7) is 3.79. The van der Waals surface area contributed by atoms with Crippen LogP contribution in [0, 0.1) is 11.7 Å². The normalized spacial score (nSPS) is 21.1. The minimum absolute atomic E-state index is 0.325. The molecule has 102 valence electrons. The Kier molecular flexibility index (Phi) is 2.74. The molecule has 1 amide bonds. The summed E-state index contributed by atoms with van der Waals surface area (Å²) in [7, 11) is 0. The lowest BCUT2D eigenvalue weighted by Gasteiger charge is -2.32. The van der Waals surface area contributed by atoms with Crippen LogP contribution >= 0.6 is 0 Å². The molecular formula is C13H12FN5O. The number of carbonyl (C=O) groups excluding carboxylic acids is 1. The fourth-order valence-corrected chi connectivity index (χ4v) is 2.45. The Labute approximate surface area is 114 Å². The molecule has 3 N–H and O–H groups in total. The third-order valence-electron chi connectivity index (χ3n) is 3.33. The van der Waals surface area contributed by atoms with Gasteiger partial charge in [0.15, 0.2) is 0 Å². The molecule has 2 aromatic rings. The number of benzene rings is 1. The van der Waals surface area contributed by atoms with Crippen molar-refractivity contribution >= 4 is 11.9 Å². The smallest absolute Gasteiger partial charge is 0.229 e. The van der Waals surface area contributed by atoms with Crippen molar-refractivity contribution in [1.82, 2.24) is 14.8 Å². The number of hydrogen-bond acceptors (Lipinski definition) is 4. The van der Waals surface area contributed by atoms with Gasteiger partial charge in [-0.25, -0.2) is 9.07 Å². The first kappa shape index (κ1) is 12.3. The van der Waals surface area contributed by atoms with Crippen molar-refractivity contribution in [2.75, 3.05) is 5.32 Å². The van der Waals surface area contributed by atoms with Crippen molar-refractivity contribution in [3.8, 4) is 0 Å². The van der Waals surface area contributed by atoms with Crippen molar-refractivity contribution in [2.45, 2.75) is 6.04 Å². The molecule has 0 fully saturated rings. The first-order chi connectivity index (χ1) is 9.59. The van der Waals surface area contributed by atoms with Gasteiger partial charge in [-0.05, 0) is 6.07 Å². The number of halogens is 1. The first-order valence-electron chi connectivity index (χ1n) is 5.98. The van der Waals surface area contributed by atoms with Gasteiger partial charge >= 0.3 is 0 Å². The molecule has 2 unspecified atom stereocenters. The zero-order valence-corrected chi connectivity index (χ0v) is 10.5. The highest BCUT2D eigenvalue weighted by molar-refractivity contribution is 5.82. The molecule has 0 bridgehead atoms. The zero-order valence-electron chi connectivity index (χ0n) is 10.5. The van der Waals surface area contributed by atoms with E-state index >= 15 is 0 Å². The second kappa shape index (κ2) is 4.44. The molecule has 1 aliphatic heterocycles. The summed E-state index contributed by atoms with van der Waals surface area (Å²) >= 11 is 0. The number of nitrogens with one attached hydrogen (secondary N) is 1. The van der Waals surface area contributed by atoms with Crippen LogP contribution in [0.2, 0.25) is 0 Å². The number of nitrogens with zero attached hydrogens (tertiary/aromatic N) is 3. The summed E-state index contributed by atoms with van der Waals surface area (Å²) in [5.41, 5.74) is 6.14. The second-order valence-corrected chi connectivity index (χ2v) is 4.52. The van der Waals surface area contributed by atoms with Crippen LogP contribution in [0.1, 0.15) is 11.6 Å². The van der Waals surface area contributed by atoms with E-state index in [1.165, 1.54) is 17.1 Å². The third-order valence-corrected chi connectivity index (χ3v) is 3.33. The number of amides is 1. The van der Waals surface area contributed by atoms with Gasteiger partial charge in [-0.3, -0.25) is 4.79 Å². The van der Waals surface area contributed by atoms with E-state index in [9.17, 15) is 9.18 Å². The van der Waals surface area contributed by atoms with Gasteiger partial charge in [-0.2, -0.15) is 10.1 Å². The molecule has 0 spiro atoms. The highest BCUT2D eigenvalue weighted by Gasteiger charge is 2.39. The molecule has 0 saturated heterocycles. The lowest BCUT2D eigenvalue weighted by molar-refractivity contribution is -0.121. The van der Waals surface area contributed by atoms with Gasteiger partial charge in [-0.15, -0.1) is 0 Å². The molecule has 0 aliphatic carbocycles. The fourth-order valence-electron chi connectivity index (χ4n) is 2.45. The van der Waals surface area contributed by atoms with Gasteiger partial charge in [0.1, 0.15) is 24.1 Å². The van der Waals surface area contributed by atoms with E-state index in [1.807, 2.05) is 0 Å². The molecule has 0 radical (unpaired) electrons. The number of primary amides is 1. The van der Waals surface area contributed by atoms with Gasteiger partial charge in [0.2, 0.25) is 11.9 Å². The van der Waals surface area contributed by atoms with E-state index in [2.05, 4.69) is 22.0 Å². The van der Waals surface area contributed by atoms with Gasteiger partial charge < -0.3 is 11.1 Å². The number of rotatable bonds is 2. The molecule has 3 rings (SSSR count). The lowest BCUT2D eigenvalue weighted by Crippen LogP contribution is -2.40. The first-order valence-corrected chi connectivity index (χ1v) is 5.98. The quantitative estimate of drug-likeness (QED) is 0.856. The zero-order chi connectivity index (χ0) is 14.3. The van der Waals surface area contributed by atoms with Crippen LogP contribution in [-0.2, 0) is 4.79 Å². The highest BCUT2D eigenvalue weighted by Crippen LogP contribution is 2.37. The molecule has 1 aliphatic rings. The van der Waals surface area contributed by atoms with Gasteiger partial charge in [-0.1, -0.05) is 24.8 Å². The molecule has 1 aromatic heterocycles. The summed E-state index contributed by atoms with van der Waals surface area (Å²) < 4.78 is 15.5. The second-order valence-electron chi connectivity index (χ2n) is 4.52. The Bertz CT molecular complexity index is 696.